The Labute approximate surface area is 185 Å². The van der Waals surface area contributed by atoms with Crippen LogP contribution in [0.15, 0.2) is 47.5 Å². The van der Waals surface area contributed by atoms with E-state index in [1.165, 1.54) is 0 Å². The minimum Gasteiger partial charge on any atom is -0.497 e. The number of aromatic nitrogens is 3. The minimum atomic E-state index is -0.559. The first-order chi connectivity index (χ1) is 14.9. The first kappa shape index (κ1) is 21.1. The summed E-state index contributed by atoms with van der Waals surface area (Å²) in [7, 11) is 1.62. The second-order valence-corrected chi connectivity index (χ2v) is 8.00. The van der Waals surface area contributed by atoms with Gasteiger partial charge in [0.15, 0.2) is 5.82 Å². The van der Waals surface area contributed by atoms with Gasteiger partial charge in [-0.25, -0.2) is 0 Å². The molecule has 0 amide bonds. The number of halogens is 1. The number of carbonyl (C=O) groups excluding carboxylic acids is 1. The van der Waals surface area contributed by atoms with Crippen molar-refractivity contribution in [1.29, 1.82) is 0 Å². The van der Waals surface area contributed by atoms with Crippen LogP contribution >= 0.6 is 11.6 Å². The number of methoxy groups -OCH3 is 1. The van der Waals surface area contributed by atoms with Crippen molar-refractivity contribution in [2.24, 2.45) is 4.99 Å². The highest BCUT2D eigenvalue weighted by Gasteiger charge is 2.30. The molecule has 160 valence electrons. The van der Waals surface area contributed by atoms with E-state index in [0.29, 0.717) is 22.4 Å². The van der Waals surface area contributed by atoms with Crippen molar-refractivity contribution >= 4 is 23.3 Å². The van der Waals surface area contributed by atoms with Crippen LogP contribution in [0.1, 0.15) is 49.1 Å². The highest BCUT2D eigenvalue weighted by Crippen LogP contribution is 2.34. The van der Waals surface area contributed by atoms with E-state index in [0.717, 1.165) is 22.5 Å². The molecule has 2 heterocycles. The molecule has 0 unspecified atom stereocenters. The lowest BCUT2D eigenvalue weighted by atomic mass is 10.00. The van der Waals surface area contributed by atoms with E-state index in [1.54, 1.807) is 7.11 Å². The molecule has 2 aromatic carbocycles. The number of hydrogen-bond donors (Lipinski definition) is 0. The monoisotopic (exact) mass is 438 g/mol. The molecule has 8 heteroatoms. The number of esters is 1. The van der Waals surface area contributed by atoms with Crippen molar-refractivity contribution in [2.45, 2.75) is 39.3 Å². The number of rotatable bonds is 5. The molecule has 4 rings (SSSR count). The fourth-order valence-electron chi connectivity index (χ4n) is 3.65. The quantitative estimate of drug-likeness (QED) is 0.549. The molecule has 7 nitrogen and oxygen atoms in total. The van der Waals surface area contributed by atoms with Gasteiger partial charge in [0, 0.05) is 16.1 Å². The standard InChI is InChI=1S/C23H23ClN4O3/c1-13(2)31-21(29)12-19-23-27-26-14(3)28(23)20-10-9-17(30-4)11-18(20)22(25-19)15-5-7-16(24)8-6-15/h5-11,13,19H,12H2,1-4H3/t19-/m1/s1. The molecule has 0 aliphatic carbocycles. The average molecular weight is 439 g/mol. The zero-order valence-corrected chi connectivity index (χ0v) is 18.6. The molecule has 0 fully saturated rings. The number of aryl methyl sites for hydroxylation is 1. The molecule has 31 heavy (non-hydrogen) atoms. The van der Waals surface area contributed by atoms with Gasteiger partial charge < -0.3 is 9.47 Å². The van der Waals surface area contributed by atoms with Crippen LogP contribution < -0.4 is 4.74 Å². The van der Waals surface area contributed by atoms with Gasteiger partial charge in [-0.3, -0.25) is 14.4 Å². The van der Waals surface area contributed by atoms with Gasteiger partial charge >= 0.3 is 5.97 Å². The number of benzene rings is 2. The van der Waals surface area contributed by atoms with Crippen LogP contribution in [0, 0.1) is 6.92 Å². The molecule has 3 aromatic rings. The molecule has 1 atom stereocenters. The molecule has 1 aliphatic rings. The van der Waals surface area contributed by atoms with E-state index < -0.39 is 6.04 Å². The van der Waals surface area contributed by atoms with Gasteiger partial charge in [-0.1, -0.05) is 23.7 Å². The lowest BCUT2D eigenvalue weighted by Gasteiger charge is -2.14. The predicted octanol–water partition coefficient (Wildman–Crippen LogP) is 4.47. The fourth-order valence-corrected chi connectivity index (χ4v) is 3.77. The first-order valence-corrected chi connectivity index (χ1v) is 10.4. The summed E-state index contributed by atoms with van der Waals surface area (Å²) >= 11 is 6.11. The average Bonchev–Trinajstić information content (AvgIpc) is 3.05. The Hall–Kier alpha value is -3.19. The summed E-state index contributed by atoms with van der Waals surface area (Å²) in [5, 5.41) is 9.24. The van der Waals surface area contributed by atoms with Crippen LogP contribution in [0.25, 0.3) is 5.69 Å². The molecule has 1 aliphatic heterocycles. The third-order valence-electron chi connectivity index (χ3n) is 4.98. The molecule has 1 aromatic heterocycles. The van der Waals surface area contributed by atoms with E-state index in [2.05, 4.69) is 10.2 Å². The number of aliphatic imine (C=N–C) groups is 1. The van der Waals surface area contributed by atoms with Gasteiger partial charge in [-0.15, -0.1) is 10.2 Å². The van der Waals surface area contributed by atoms with E-state index in [1.807, 2.05) is 67.8 Å². The summed E-state index contributed by atoms with van der Waals surface area (Å²) in [4.78, 5) is 17.5. The highest BCUT2D eigenvalue weighted by atomic mass is 35.5. The highest BCUT2D eigenvalue weighted by molar-refractivity contribution is 6.30. The zero-order valence-electron chi connectivity index (χ0n) is 17.8. The lowest BCUT2D eigenvalue weighted by molar-refractivity contribution is -0.147. The number of ether oxygens (including phenoxy) is 2. The minimum absolute atomic E-state index is 0.0541. The summed E-state index contributed by atoms with van der Waals surface area (Å²) < 4.78 is 12.8. The van der Waals surface area contributed by atoms with Crippen LogP contribution in [-0.2, 0) is 9.53 Å². The Balaban J connectivity index is 1.93. The van der Waals surface area contributed by atoms with Crippen molar-refractivity contribution in [2.75, 3.05) is 7.11 Å². The molecule has 0 spiro atoms. The molecule has 0 saturated heterocycles. The van der Waals surface area contributed by atoms with Gasteiger partial charge in [0.1, 0.15) is 17.6 Å². The summed E-state index contributed by atoms with van der Waals surface area (Å²) in [6.07, 6.45) is -0.155. The lowest BCUT2D eigenvalue weighted by Crippen LogP contribution is -2.16. The van der Waals surface area contributed by atoms with Crippen LogP contribution in [0.2, 0.25) is 5.02 Å². The van der Waals surface area contributed by atoms with Gasteiger partial charge in [0.05, 0.1) is 31.0 Å². The number of nitrogens with zero attached hydrogens (tertiary/aromatic N) is 4. The van der Waals surface area contributed by atoms with E-state index in [9.17, 15) is 4.79 Å². The Morgan fingerprint density at radius 1 is 1.16 bits per heavy atom. The van der Waals surface area contributed by atoms with E-state index >= 15 is 0 Å². The molecule has 0 radical (unpaired) electrons. The van der Waals surface area contributed by atoms with Crippen LogP contribution in [-0.4, -0.2) is 39.7 Å². The maximum Gasteiger partial charge on any atom is 0.308 e. The molecular weight excluding hydrogens is 416 g/mol. The van der Waals surface area contributed by atoms with E-state index in [4.69, 9.17) is 26.1 Å². The summed E-state index contributed by atoms with van der Waals surface area (Å²) in [5.74, 6) is 1.66. The fraction of sp³-hybridized carbons (Fsp3) is 0.304. The summed E-state index contributed by atoms with van der Waals surface area (Å²) in [5.41, 5.74) is 3.31. The number of hydrogen-bond acceptors (Lipinski definition) is 6. The van der Waals surface area contributed by atoms with Crippen molar-refractivity contribution in [3.8, 4) is 11.4 Å². The van der Waals surface area contributed by atoms with Gasteiger partial charge in [0.25, 0.3) is 0 Å². The summed E-state index contributed by atoms with van der Waals surface area (Å²) in [6, 6.07) is 12.7. The maximum atomic E-state index is 12.5. The molecule has 0 saturated carbocycles. The molecule has 0 bridgehead atoms. The number of carbonyl (C=O) groups is 1. The first-order valence-electron chi connectivity index (χ1n) is 10.0. The molecular formula is C23H23ClN4O3. The SMILES string of the molecule is COc1ccc2c(c1)C(c1ccc(Cl)cc1)=N[C@H](CC(=O)OC(C)C)c1nnc(C)n1-2. The van der Waals surface area contributed by atoms with Gasteiger partial charge in [-0.05, 0) is 51.1 Å². The second-order valence-electron chi connectivity index (χ2n) is 7.57. The van der Waals surface area contributed by atoms with Crippen molar-refractivity contribution in [1.82, 2.24) is 14.8 Å². The predicted molar refractivity (Wildman–Crippen MR) is 118 cm³/mol. The normalized spacial score (nSPS) is 15.0. The van der Waals surface area contributed by atoms with Gasteiger partial charge in [-0.2, -0.15) is 0 Å². The second kappa shape index (κ2) is 8.51. The largest absolute Gasteiger partial charge is 0.497 e. The maximum absolute atomic E-state index is 12.5. The zero-order chi connectivity index (χ0) is 22.1. The third kappa shape index (κ3) is 4.18. The van der Waals surface area contributed by atoms with Gasteiger partial charge in [0.2, 0.25) is 0 Å². The Bertz CT molecular complexity index is 1150. The number of fused-ring (bicyclic) bond motifs is 3. The van der Waals surface area contributed by atoms with Crippen molar-refractivity contribution in [3.63, 3.8) is 0 Å². The Morgan fingerprint density at radius 3 is 2.58 bits per heavy atom. The van der Waals surface area contributed by atoms with Crippen molar-refractivity contribution in [3.05, 3.63) is 70.3 Å². The molecule has 0 N–H and O–H groups in total. The third-order valence-corrected chi connectivity index (χ3v) is 5.23. The van der Waals surface area contributed by atoms with E-state index in [-0.39, 0.29) is 18.5 Å². The smallest absolute Gasteiger partial charge is 0.308 e. The van der Waals surface area contributed by atoms with Crippen LogP contribution in [0.5, 0.6) is 5.75 Å². The summed E-state index contributed by atoms with van der Waals surface area (Å²) in [6.45, 7) is 5.52. The van der Waals surface area contributed by atoms with Crippen LogP contribution in [0.4, 0.5) is 0 Å². The van der Waals surface area contributed by atoms with Crippen molar-refractivity contribution < 1.29 is 14.3 Å². The Morgan fingerprint density at radius 2 is 1.90 bits per heavy atom. The Kier molecular flexibility index (Phi) is 5.78. The topological polar surface area (TPSA) is 78.6 Å². The van der Waals surface area contributed by atoms with Crippen LogP contribution in [0.3, 0.4) is 0 Å².